The first kappa shape index (κ1) is 16.9. The lowest BCUT2D eigenvalue weighted by Crippen LogP contribution is -2.12. The molecule has 0 unspecified atom stereocenters. The molecule has 0 saturated carbocycles. The van der Waals surface area contributed by atoms with Gasteiger partial charge in [-0.05, 0) is 23.8 Å². The molecule has 1 aromatic rings. The number of carboxylic acids is 1. The van der Waals surface area contributed by atoms with Crippen molar-refractivity contribution in [2.45, 2.75) is 6.54 Å². The van der Waals surface area contributed by atoms with Gasteiger partial charge in [-0.25, -0.2) is 4.79 Å². The van der Waals surface area contributed by atoms with Crippen LogP contribution in [0.5, 0.6) is 0 Å². The van der Waals surface area contributed by atoms with Gasteiger partial charge in [-0.2, -0.15) is 5.26 Å². The molecule has 0 spiro atoms. The highest BCUT2D eigenvalue weighted by molar-refractivity contribution is 6.04. The van der Waals surface area contributed by atoms with Crippen molar-refractivity contribution >= 4 is 17.6 Å². The Morgan fingerprint density at radius 2 is 2.18 bits per heavy atom. The number of aromatic carboxylic acids is 1. The Morgan fingerprint density at radius 3 is 2.73 bits per heavy atom. The van der Waals surface area contributed by atoms with Crippen LogP contribution in [0.3, 0.4) is 0 Å². The number of hydrogen-bond donors (Lipinski definition) is 3. The largest absolute Gasteiger partial charge is 0.478 e. The Morgan fingerprint density at radius 1 is 1.45 bits per heavy atom. The molecule has 1 aromatic carbocycles. The van der Waals surface area contributed by atoms with Crippen LogP contribution in [0.25, 0.3) is 0 Å². The van der Waals surface area contributed by atoms with Crippen molar-refractivity contribution in [2.75, 3.05) is 5.32 Å². The highest BCUT2D eigenvalue weighted by atomic mass is 16.4. The highest BCUT2D eigenvalue weighted by Crippen LogP contribution is 2.17. The van der Waals surface area contributed by atoms with Crippen LogP contribution in [0, 0.1) is 11.3 Å². The van der Waals surface area contributed by atoms with E-state index in [0.29, 0.717) is 11.1 Å². The van der Waals surface area contributed by atoms with Crippen molar-refractivity contribution in [2.24, 2.45) is 5.73 Å². The molecule has 6 heteroatoms. The van der Waals surface area contributed by atoms with E-state index < -0.39 is 11.9 Å². The van der Waals surface area contributed by atoms with Gasteiger partial charge in [-0.15, -0.1) is 0 Å². The molecule has 4 N–H and O–H groups in total. The molecule has 0 aliphatic heterocycles. The lowest BCUT2D eigenvalue weighted by molar-refractivity contribution is -0.111. The maximum Gasteiger partial charge on any atom is 0.337 e. The van der Waals surface area contributed by atoms with Gasteiger partial charge in [0.25, 0.3) is 0 Å². The molecular formula is C16H15N3O3. The first-order chi connectivity index (χ1) is 10.5. The molecule has 0 aliphatic rings. The van der Waals surface area contributed by atoms with Gasteiger partial charge in [-0.3, -0.25) is 4.79 Å². The summed E-state index contributed by atoms with van der Waals surface area (Å²) in [5, 5.41) is 20.3. The summed E-state index contributed by atoms with van der Waals surface area (Å²) in [4.78, 5) is 22.9. The van der Waals surface area contributed by atoms with Crippen molar-refractivity contribution in [1.29, 1.82) is 5.26 Å². The normalized spacial score (nSPS) is 11.0. The van der Waals surface area contributed by atoms with E-state index in [4.69, 9.17) is 16.1 Å². The molecule has 0 saturated heterocycles. The topological polar surface area (TPSA) is 116 Å². The molecule has 1 amide bonds. The Balaban J connectivity index is 2.91. The summed E-state index contributed by atoms with van der Waals surface area (Å²) in [6.07, 6.45) is 5.34. The zero-order chi connectivity index (χ0) is 16.5. The van der Waals surface area contributed by atoms with Crippen LogP contribution in [0.15, 0.2) is 54.7 Å². The van der Waals surface area contributed by atoms with Gasteiger partial charge in [0.15, 0.2) is 0 Å². The molecule has 112 valence electrons. The second kappa shape index (κ2) is 8.19. The summed E-state index contributed by atoms with van der Waals surface area (Å²) in [6, 6.07) is 6.41. The lowest BCUT2D eigenvalue weighted by Gasteiger charge is -2.08. The number of rotatable bonds is 6. The molecule has 0 aliphatic carbocycles. The predicted molar refractivity (Wildman–Crippen MR) is 83.0 cm³/mol. The maximum absolute atomic E-state index is 11.7. The molecule has 0 radical (unpaired) electrons. The highest BCUT2D eigenvalue weighted by Gasteiger charge is 2.12. The molecule has 22 heavy (non-hydrogen) atoms. The fourth-order valence-electron chi connectivity index (χ4n) is 1.57. The van der Waals surface area contributed by atoms with E-state index in [1.54, 1.807) is 6.07 Å². The molecule has 0 fully saturated rings. The first-order valence-electron chi connectivity index (χ1n) is 6.30. The molecular weight excluding hydrogens is 282 g/mol. The van der Waals surface area contributed by atoms with Crippen molar-refractivity contribution in [1.82, 2.24) is 0 Å². The fraction of sp³-hybridized carbons (Fsp3) is 0.0625. The number of benzene rings is 1. The lowest BCUT2D eigenvalue weighted by atomic mass is 10.1. The van der Waals surface area contributed by atoms with E-state index >= 15 is 0 Å². The van der Waals surface area contributed by atoms with Gasteiger partial charge in [0.1, 0.15) is 0 Å². The van der Waals surface area contributed by atoms with E-state index in [1.807, 2.05) is 6.07 Å². The fourth-order valence-corrected chi connectivity index (χ4v) is 1.57. The smallest absolute Gasteiger partial charge is 0.337 e. The molecule has 0 heterocycles. The van der Waals surface area contributed by atoms with Gasteiger partial charge in [0.05, 0.1) is 22.9 Å². The van der Waals surface area contributed by atoms with Crippen molar-refractivity contribution in [3.63, 3.8) is 0 Å². The molecule has 1 rings (SSSR count). The van der Waals surface area contributed by atoms with E-state index in [-0.39, 0.29) is 17.8 Å². The van der Waals surface area contributed by atoms with Crippen LogP contribution >= 0.6 is 0 Å². The predicted octanol–water partition coefficient (Wildman–Crippen LogP) is 1.97. The zero-order valence-corrected chi connectivity index (χ0v) is 11.7. The van der Waals surface area contributed by atoms with Crippen LogP contribution in [0.4, 0.5) is 5.69 Å². The minimum atomic E-state index is -1.16. The summed E-state index contributed by atoms with van der Waals surface area (Å²) in [5.41, 5.74) is 6.55. The molecule has 0 bridgehead atoms. The van der Waals surface area contributed by atoms with Crippen LogP contribution in [0.1, 0.15) is 15.9 Å². The number of nitrogens with one attached hydrogen (secondary N) is 1. The Kier molecular flexibility index (Phi) is 6.29. The number of anilines is 1. The van der Waals surface area contributed by atoms with Gasteiger partial charge >= 0.3 is 5.97 Å². The Bertz CT molecular complexity index is 697. The summed E-state index contributed by atoms with van der Waals surface area (Å²) in [7, 11) is 0. The van der Waals surface area contributed by atoms with Gasteiger partial charge < -0.3 is 16.2 Å². The van der Waals surface area contributed by atoms with Crippen molar-refractivity contribution in [3.05, 3.63) is 65.8 Å². The average molecular weight is 297 g/mol. The SMILES string of the molecule is C=C/C(C#N)=C\C=C\C(=O)Nc1ccc(CN)cc1C(=O)O. The van der Waals surface area contributed by atoms with E-state index in [1.165, 1.54) is 36.4 Å². The second-order valence-corrected chi connectivity index (χ2v) is 4.18. The third kappa shape index (κ3) is 4.74. The van der Waals surface area contributed by atoms with Crippen LogP contribution in [-0.2, 0) is 11.3 Å². The average Bonchev–Trinajstić information content (AvgIpc) is 2.51. The maximum atomic E-state index is 11.7. The van der Waals surface area contributed by atoms with E-state index in [9.17, 15) is 9.59 Å². The van der Waals surface area contributed by atoms with Gasteiger partial charge in [0.2, 0.25) is 5.91 Å². The first-order valence-corrected chi connectivity index (χ1v) is 6.30. The van der Waals surface area contributed by atoms with E-state index in [2.05, 4.69) is 11.9 Å². The number of nitrogens with zero attached hydrogens (tertiary/aromatic N) is 1. The summed E-state index contributed by atoms with van der Waals surface area (Å²) in [6.45, 7) is 3.65. The summed E-state index contributed by atoms with van der Waals surface area (Å²) < 4.78 is 0. The van der Waals surface area contributed by atoms with Crippen LogP contribution in [-0.4, -0.2) is 17.0 Å². The number of carbonyl (C=O) groups excluding carboxylic acids is 1. The third-order valence-electron chi connectivity index (χ3n) is 2.68. The van der Waals surface area contributed by atoms with Crippen LogP contribution < -0.4 is 11.1 Å². The molecule has 6 nitrogen and oxygen atoms in total. The number of nitriles is 1. The number of nitrogens with two attached hydrogens (primary N) is 1. The quantitative estimate of drug-likeness (QED) is 0.421. The minimum absolute atomic E-state index is 0.0379. The second-order valence-electron chi connectivity index (χ2n) is 4.18. The van der Waals surface area contributed by atoms with E-state index in [0.717, 1.165) is 0 Å². The number of carbonyl (C=O) groups is 2. The minimum Gasteiger partial charge on any atom is -0.478 e. The number of amides is 1. The monoisotopic (exact) mass is 297 g/mol. The summed E-state index contributed by atoms with van der Waals surface area (Å²) >= 11 is 0. The number of carboxylic acid groups (broad SMARTS) is 1. The van der Waals surface area contributed by atoms with Gasteiger partial charge in [0, 0.05) is 12.6 Å². The molecule has 0 atom stereocenters. The third-order valence-corrected chi connectivity index (χ3v) is 2.68. The molecule has 0 aromatic heterocycles. The Labute approximate surface area is 127 Å². The van der Waals surface area contributed by atoms with Crippen molar-refractivity contribution < 1.29 is 14.7 Å². The Hall–Kier alpha value is -3.17. The van der Waals surface area contributed by atoms with Crippen molar-refractivity contribution in [3.8, 4) is 6.07 Å². The zero-order valence-electron chi connectivity index (χ0n) is 11.7. The summed E-state index contributed by atoms with van der Waals surface area (Å²) in [5.74, 6) is -1.67. The van der Waals surface area contributed by atoms with Gasteiger partial charge in [-0.1, -0.05) is 24.8 Å². The van der Waals surface area contributed by atoms with Crippen LogP contribution in [0.2, 0.25) is 0 Å². The number of allylic oxidation sites excluding steroid dienone is 4. The standard InChI is InChI=1S/C16H15N3O3/c1-2-11(9-17)4-3-5-15(20)19-14-7-6-12(10-18)8-13(14)16(21)22/h2-8H,1,10,18H2,(H,19,20)(H,21,22)/b5-3+,11-4+. The number of hydrogen-bond acceptors (Lipinski definition) is 4.